The maximum atomic E-state index is 12.3. The van der Waals surface area contributed by atoms with Gasteiger partial charge in [0.15, 0.2) is 5.78 Å². The van der Waals surface area contributed by atoms with Crippen molar-refractivity contribution >= 4 is 35.2 Å². The molecule has 0 aliphatic carbocycles. The Bertz CT molecular complexity index is 814. The van der Waals surface area contributed by atoms with Crippen molar-refractivity contribution in [2.24, 2.45) is 0 Å². The number of amides is 2. The number of ketones is 1. The van der Waals surface area contributed by atoms with Gasteiger partial charge in [0.2, 0.25) is 0 Å². The lowest BCUT2D eigenvalue weighted by molar-refractivity contribution is 0.104. The van der Waals surface area contributed by atoms with Gasteiger partial charge in [0.05, 0.1) is 0 Å². The summed E-state index contributed by atoms with van der Waals surface area (Å²) in [6, 6.07) is 12.5. The van der Waals surface area contributed by atoms with Gasteiger partial charge in [-0.2, -0.15) is 0 Å². The number of rotatable bonds is 3. The molecule has 3 rings (SSSR count). The number of hydrogen-bond acceptors (Lipinski definition) is 2. The van der Waals surface area contributed by atoms with E-state index in [2.05, 4.69) is 5.32 Å². The van der Waals surface area contributed by atoms with Crippen molar-refractivity contribution in [2.75, 3.05) is 12.4 Å². The van der Waals surface area contributed by atoms with Crippen molar-refractivity contribution in [3.05, 3.63) is 70.3 Å². The van der Waals surface area contributed by atoms with Crippen molar-refractivity contribution < 1.29 is 9.59 Å². The predicted octanol–water partition coefficient (Wildman–Crippen LogP) is 4.21. The number of benzene rings is 2. The van der Waals surface area contributed by atoms with E-state index in [1.807, 2.05) is 24.3 Å². The Balaban J connectivity index is 1.82. The molecular weight excluding hydrogens is 312 g/mol. The number of hydrogen-bond donors (Lipinski definition) is 1. The second kappa shape index (κ2) is 6.26. The summed E-state index contributed by atoms with van der Waals surface area (Å²) in [7, 11) is 1.71. The fourth-order valence-electron chi connectivity index (χ4n) is 2.41. The Morgan fingerprint density at radius 1 is 1.26 bits per heavy atom. The average Bonchev–Trinajstić information content (AvgIpc) is 2.54. The largest absolute Gasteiger partial charge is 0.323 e. The quantitative estimate of drug-likeness (QED) is 0.678. The number of nitrogens with one attached hydrogen (secondary N) is 1. The Morgan fingerprint density at radius 3 is 2.83 bits per heavy atom. The summed E-state index contributed by atoms with van der Waals surface area (Å²) in [6.45, 7) is 0.483. The summed E-state index contributed by atoms with van der Waals surface area (Å²) in [6.07, 6.45) is 3.21. The van der Waals surface area contributed by atoms with Crippen LogP contribution in [0.15, 0.2) is 48.5 Å². The van der Waals surface area contributed by atoms with Crippen LogP contribution in [0, 0.1) is 0 Å². The van der Waals surface area contributed by atoms with E-state index in [0.29, 0.717) is 17.1 Å². The molecule has 1 aliphatic rings. The van der Waals surface area contributed by atoms with E-state index >= 15 is 0 Å². The van der Waals surface area contributed by atoms with Gasteiger partial charge in [-0.15, -0.1) is 0 Å². The fourth-order valence-corrected chi connectivity index (χ4v) is 2.61. The van der Waals surface area contributed by atoms with Crippen molar-refractivity contribution in [3.8, 4) is 0 Å². The first-order valence-electron chi connectivity index (χ1n) is 7.16. The van der Waals surface area contributed by atoms with E-state index in [1.54, 1.807) is 36.2 Å². The Hall–Kier alpha value is -2.59. The van der Waals surface area contributed by atoms with E-state index in [1.165, 1.54) is 6.08 Å². The van der Waals surface area contributed by atoms with Crippen LogP contribution in [0.5, 0.6) is 0 Å². The molecule has 2 aromatic rings. The fraction of sp³-hybridized carbons (Fsp3) is 0.111. The molecule has 1 N–H and O–H groups in total. The molecule has 2 amide bonds. The molecular formula is C18H15ClN2O2. The lowest BCUT2D eigenvalue weighted by atomic mass is 10.0. The first-order valence-corrected chi connectivity index (χ1v) is 7.54. The first kappa shape index (κ1) is 15.3. The SMILES string of the molecule is CN1Cc2cc(C(=O)/C=C/c3ccccc3Cl)ccc2NC1=O. The molecule has 0 saturated carbocycles. The molecule has 0 spiro atoms. The van der Waals surface area contributed by atoms with E-state index in [-0.39, 0.29) is 11.8 Å². The molecule has 0 saturated heterocycles. The molecule has 23 heavy (non-hydrogen) atoms. The number of carbonyl (C=O) groups excluding carboxylic acids is 2. The molecule has 0 unspecified atom stereocenters. The third-order valence-electron chi connectivity index (χ3n) is 3.71. The molecule has 1 aliphatic heterocycles. The molecule has 0 fully saturated rings. The zero-order chi connectivity index (χ0) is 16.4. The number of carbonyl (C=O) groups is 2. The summed E-state index contributed by atoms with van der Waals surface area (Å²) in [4.78, 5) is 25.5. The summed E-state index contributed by atoms with van der Waals surface area (Å²) in [5.41, 5.74) is 3.05. The maximum Gasteiger partial charge on any atom is 0.321 e. The zero-order valence-electron chi connectivity index (χ0n) is 12.5. The summed E-state index contributed by atoms with van der Waals surface area (Å²) >= 11 is 6.07. The molecule has 1 heterocycles. The molecule has 116 valence electrons. The highest BCUT2D eigenvalue weighted by Gasteiger charge is 2.19. The predicted molar refractivity (Wildman–Crippen MR) is 91.7 cm³/mol. The molecule has 0 atom stereocenters. The number of urea groups is 1. The van der Waals surface area contributed by atoms with Gasteiger partial charge in [0.25, 0.3) is 0 Å². The minimum atomic E-state index is -0.143. The van der Waals surface area contributed by atoms with E-state index in [0.717, 1.165) is 16.8 Å². The molecule has 5 heteroatoms. The van der Waals surface area contributed by atoms with Crippen LogP contribution in [-0.4, -0.2) is 23.8 Å². The van der Waals surface area contributed by atoms with Crippen molar-refractivity contribution in [3.63, 3.8) is 0 Å². The third-order valence-corrected chi connectivity index (χ3v) is 4.05. The normalized spacial score (nSPS) is 13.8. The number of allylic oxidation sites excluding steroid dienone is 1. The summed E-state index contributed by atoms with van der Waals surface area (Å²) in [5.74, 6) is -0.104. The zero-order valence-corrected chi connectivity index (χ0v) is 13.3. The van der Waals surface area contributed by atoms with E-state index < -0.39 is 0 Å². The van der Waals surface area contributed by atoms with E-state index in [4.69, 9.17) is 11.6 Å². The van der Waals surface area contributed by atoms with Gasteiger partial charge < -0.3 is 10.2 Å². The lowest BCUT2D eigenvalue weighted by Crippen LogP contribution is -2.35. The van der Waals surface area contributed by atoms with Crippen molar-refractivity contribution in [1.29, 1.82) is 0 Å². The van der Waals surface area contributed by atoms with Gasteiger partial charge in [-0.1, -0.05) is 29.8 Å². The van der Waals surface area contributed by atoms with Crippen LogP contribution in [0.3, 0.4) is 0 Å². The second-order valence-corrected chi connectivity index (χ2v) is 5.78. The van der Waals surface area contributed by atoms with Gasteiger partial charge in [-0.25, -0.2) is 4.79 Å². The van der Waals surface area contributed by atoms with Gasteiger partial charge >= 0.3 is 6.03 Å². The molecule has 0 aromatic heterocycles. The molecule has 4 nitrogen and oxygen atoms in total. The highest BCUT2D eigenvalue weighted by molar-refractivity contribution is 6.32. The monoisotopic (exact) mass is 326 g/mol. The Kier molecular flexibility index (Phi) is 4.17. The second-order valence-electron chi connectivity index (χ2n) is 5.38. The Morgan fingerprint density at radius 2 is 2.04 bits per heavy atom. The highest BCUT2D eigenvalue weighted by atomic mass is 35.5. The maximum absolute atomic E-state index is 12.3. The smallest absolute Gasteiger partial charge is 0.321 e. The number of fused-ring (bicyclic) bond motifs is 1. The minimum Gasteiger partial charge on any atom is -0.323 e. The first-order chi connectivity index (χ1) is 11.0. The minimum absolute atomic E-state index is 0.104. The van der Waals surface area contributed by atoms with Crippen LogP contribution in [-0.2, 0) is 6.54 Å². The van der Waals surface area contributed by atoms with Crippen LogP contribution in [0.1, 0.15) is 21.5 Å². The van der Waals surface area contributed by atoms with Gasteiger partial charge in [0, 0.05) is 29.9 Å². The average molecular weight is 327 g/mol. The lowest BCUT2D eigenvalue weighted by Gasteiger charge is -2.26. The number of halogens is 1. The van der Waals surface area contributed by atoms with Crippen LogP contribution < -0.4 is 5.32 Å². The number of anilines is 1. The highest BCUT2D eigenvalue weighted by Crippen LogP contribution is 2.24. The van der Waals surface area contributed by atoms with Crippen LogP contribution in [0.2, 0.25) is 5.02 Å². The van der Waals surface area contributed by atoms with Crippen LogP contribution in [0.25, 0.3) is 6.08 Å². The van der Waals surface area contributed by atoms with E-state index in [9.17, 15) is 9.59 Å². The van der Waals surface area contributed by atoms with Gasteiger partial charge in [0.1, 0.15) is 0 Å². The van der Waals surface area contributed by atoms with Crippen molar-refractivity contribution in [1.82, 2.24) is 4.90 Å². The van der Waals surface area contributed by atoms with Gasteiger partial charge in [-0.05, 0) is 47.5 Å². The molecule has 0 bridgehead atoms. The van der Waals surface area contributed by atoms with Crippen LogP contribution in [0.4, 0.5) is 10.5 Å². The summed E-state index contributed by atoms with van der Waals surface area (Å²) in [5, 5.41) is 3.38. The third kappa shape index (κ3) is 3.27. The Labute approximate surface area is 139 Å². The van der Waals surface area contributed by atoms with Crippen molar-refractivity contribution in [2.45, 2.75) is 6.54 Å². The molecule has 2 aromatic carbocycles. The topological polar surface area (TPSA) is 49.4 Å². The number of nitrogens with zero attached hydrogens (tertiary/aromatic N) is 1. The van der Waals surface area contributed by atoms with Gasteiger partial charge in [-0.3, -0.25) is 4.79 Å². The summed E-state index contributed by atoms with van der Waals surface area (Å²) < 4.78 is 0. The molecule has 0 radical (unpaired) electrons. The van der Waals surface area contributed by atoms with Crippen LogP contribution >= 0.6 is 11.6 Å². The standard InChI is InChI=1S/C18H15ClN2O2/c1-21-11-14-10-13(6-8-16(14)20-18(21)23)17(22)9-7-12-4-2-3-5-15(12)19/h2-10H,11H2,1H3,(H,20,23)/b9-7+.